The van der Waals surface area contributed by atoms with Gasteiger partial charge in [-0.15, -0.1) is 0 Å². The first-order chi connectivity index (χ1) is 9.04. The number of amides is 1. The van der Waals surface area contributed by atoms with Gasteiger partial charge in [-0.1, -0.05) is 12.1 Å². The average Bonchev–Trinajstić information content (AvgIpc) is 2.36. The summed E-state index contributed by atoms with van der Waals surface area (Å²) in [6.45, 7) is 6.67. The minimum Gasteiger partial charge on any atom is -0.399 e. The molecule has 0 bridgehead atoms. The monoisotopic (exact) mass is 261 g/mol. The summed E-state index contributed by atoms with van der Waals surface area (Å²) in [5.74, 6) is 0.0765. The highest BCUT2D eigenvalue weighted by Crippen LogP contribution is 2.17. The Morgan fingerprint density at radius 3 is 2.68 bits per heavy atom. The number of anilines is 1. The van der Waals surface area contributed by atoms with Gasteiger partial charge in [0, 0.05) is 38.3 Å². The Hall–Kier alpha value is -1.55. The molecule has 1 heterocycles. The molecule has 2 rings (SSSR count). The first-order valence-electron chi connectivity index (χ1n) is 6.89. The van der Waals surface area contributed by atoms with Crippen molar-refractivity contribution in [3.8, 4) is 0 Å². The van der Waals surface area contributed by atoms with Gasteiger partial charge in [-0.3, -0.25) is 9.69 Å². The largest absolute Gasteiger partial charge is 0.399 e. The standard InChI is InChI=1S/C15H23N3O/c1-11-9-13(3-4-15(11)16)10-18-7-5-14(6-8-18)17-12(2)19/h3-4,9,14H,5-8,10,16H2,1-2H3,(H,17,19). The van der Waals surface area contributed by atoms with Crippen molar-refractivity contribution in [2.75, 3.05) is 18.8 Å². The lowest BCUT2D eigenvalue weighted by Crippen LogP contribution is -2.43. The number of rotatable bonds is 3. The molecule has 1 aliphatic rings. The van der Waals surface area contributed by atoms with Crippen LogP contribution in [0.3, 0.4) is 0 Å². The molecular formula is C15H23N3O. The fourth-order valence-corrected chi connectivity index (χ4v) is 2.62. The Morgan fingerprint density at radius 2 is 2.11 bits per heavy atom. The van der Waals surface area contributed by atoms with E-state index >= 15 is 0 Å². The van der Waals surface area contributed by atoms with E-state index in [2.05, 4.69) is 22.3 Å². The molecule has 0 atom stereocenters. The number of likely N-dealkylation sites (tertiary alicyclic amines) is 1. The molecule has 0 saturated carbocycles. The zero-order valence-corrected chi connectivity index (χ0v) is 11.8. The number of nitrogens with two attached hydrogens (primary N) is 1. The summed E-state index contributed by atoms with van der Waals surface area (Å²) in [4.78, 5) is 13.5. The highest BCUT2D eigenvalue weighted by Gasteiger charge is 2.19. The van der Waals surface area contributed by atoms with Gasteiger partial charge in [0.25, 0.3) is 0 Å². The topological polar surface area (TPSA) is 58.4 Å². The number of hydrogen-bond donors (Lipinski definition) is 2. The summed E-state index contributed by atoms with van der Waals surface area (Å²) in [5.41, 5.74) is 9.14. The molecule has 1 amide bonds. The van der Waals surface area contributed by atoms with E-state index in [1.807, 2.05) is 13.0 Å². The van der Waals surface area contributed by atoms with Gasteiger partial charge in [-0.25, -0.2) is 0 Å². The SMILES string of the molecule is CC(=O)NC1CCN(Cc2ccc(N)c(C)c2)CC1. The number of nitrogen functional groups attached to an aromatic ring is 1. The quantitative estimate of drug-likeness (QED) is 0.814. The second-order valence-corrected chi connectivity index (χ2v) is 5.44. The molecule has 19 heavy (non-hydrogen) atoms. The predicted octanol–water partition coefficient (Wildman–Crippen LogP) is 1.68. The third kappa shape index (κ3) is 3.96. The van der Waals surface area contributed by atoms with E-state index in [4.69, 9.17) is 5.73 Å². The summed E-state index contributed by atoms with van der Waals surface area (Å²) < 4.78 is 0. The van der Waals surface area contributed by atoms with E-state index in [9.17, 15) is 4.79 Å². The van der Waals surface area contributed by atoms with E-state index in [0.717, 1.165) is 43.7 Å². The number of piperidine rings is 1. The Morgan fingerprint density at radius 1 is 1.42 bits per heavy atom. The van der Waals surface area contributed by atoms with Crippen LogP contribution in [0.4, 0.5) is 5.69 Å². The van der Waals surface area contributed by atoms with Crippen LogP contribution in [-0.4, -0.2) is 29.9 Å². The number of nitrogens with one attached hydrogen (secondary N) is 1. The van der Waals surface area contributed by atoms with Crippen LogP contribution in [0.5, 0.6) is 0 Å². The minimum atomic E-state index is 0.0765. The van der Waals surface area contributed by atoms with Gasteiger partial charge in [-0.05, 0) is 37.0 Å². The van der Waals surface area contributed by atoms with Crippen molar-refractivity contribution in [1.29, 1.82) is 0 Å². The summed E-state index contributed by atoms with van der Waals surface area (Å²) in [7, 11) is 0. The van der Waals surface area contributed by atoms with E-state index in [-0.39, 0.29) is 5.91 Å². The third-order valence-corrected chi connectivity index (χ3v) is 3.74. The summed E-state index contributed by atoms with van der Waals surface area (Å²) >= 11 is 0. The molecule has 1 aromatic rings. The lowest BCUT2D eigenvalue weighted by Gasteiger charge is -2.32. The minimum absolute atomic E-state index is 0.0765. The lowest BCUT2D eigenvalue weighted by molar-refractivity contribution is -0.119. The van der Waals surface area contributed by atoms with E-state index < -0.39 is 0 Å². The van der Waals surface area contributed by atoms with Crippen LogP contribution in [0.15, 0.2) is 18.2 Å². The first-order valence-corrected chi connectivity index (χ1v) is 6.89. The van der Waals surface area contributed by atoms with Gasteiger partial charge in [0.15, 0.2) is 0 Å². The number of carbonyl (C=O) groups is 1. The first kappa shape index (κ1) is 13.9. The highest BCUT2D eigenvalue weighted by molar-refractivity contribution is 5.73. The lowest BCUT2D eigenvalue weighted by atomic mass is 10.0. The van der Waals surface area contributed by atoms with Gasteiger partial charge in [0.2, 0.25) is 5.91 Å². The molecule has 0 unspecified atom stereocenters. The molecule has 1 saturated heterocycles. The van der Waals surface area contributed by atoms with Crippen LogP contribution in [0.25, 0.3) is 0 Å². The van der Waals surface area contributed by atoms with Crippen molar-refractivity contribution in [3.63, 3.8) is 0 Å². The summed E-state index contributed by atoms with van der Waals surface area (Å²) in [5, 5.41) is 3.00. The molecule has 1 fully saturated rings. The number of hydrogen-bond acceptors (Lipinski definition) is 3. The zero-order valence-electron chi connectivity index (χ0n) is 11.8. The predicted molar refractivity (Wildman–Crippen MR) is 77.7 cm³/mol. The van der Waals surface area contributed by atoms with E-state index in [1.54, 1.807) is 6.92 Å². The molecule has 1 aliphatic heterocycles. The second-order valence-electron chi connectivity index (χ2n) is 5.44. The van der Waals surface area contributed by atoms with Crippen molar-refractivity contribution < 1.29 is 4.79 Å². The van der Waals surface area contributed by atoms with Gasteiger partial charge < -0.3 is 11.1 Å². The second kappa shape index (κ2) is 6.06. The molecule has 0 radical (unpaired) electrons. The molecule has 3 N–H and O–H groups in total. The molecule has 104 valence electrons. The van der Waals surface area contributed by atoms with Gasteiger partial charge in [0.1, 0.15) is 0 Å². The van der Waals surface area contributed by atoms with Crippen LogP contribution < -0.4 is 11.1 Å². The van der Waals surface area contributed by atoms with E-state index in [0.29, 0.717) is 6.04 Å². The van der Waals surface area contributed by atoms with Gasteiger partial charge in [-0.2, -0.15) is 0 Å². The van der Waals surface area contributed by atoms with Crippen LogP contribution >= 0.6 is 0 Å². The van der Waals surface area contributed by atoms with Crippen molar-refractivity contribution in [1.82, 2.24) is 10.2 Å². The van der Waals surface area contributed by atoms with Crippen molar-refractivity contribution in [2.45, 2.75) is 39.3 Å². The molecular weight excluding hydrogens is 238 g/mol. The normalized spacial score (nSPS) is 17.4. The van der Waals surface area contributed by atoms with E-state index in [1.165, 1.54) is 5.56 Å². The molecule has 4 nitrogen and oxygen atoms in total. The van der Waals surface area contributed by atoms with Crippen LogP contribution in [0, 0.1) is 6.92 Å². The van der Waals surface area contributed by atoms with Crippen LogP contribution in [0.1, 0.15) is 30.9 Å². The molecule has 4 heteroatoms. The highest BCUT2D eigenvalue weighted by atomic mass is 16.1. The van der Waals surface area contributed by atoms with Crippen molar-refractivity contribution in [2.24, 2.45) is 0 Å². The molecule has 0 aliphatic carbocycles. The molecule has 0 aromatic heterocycles. The fourth-order valence-electron chi connectivity index (χ4n) is 2.62. The van der Waals surface area contributed by atoms with Gasteiger partial charge >= 0.3 is 0 Å². The van der Waals surface area contributed by atoms with Crippen molar-refractivity contribution in [3.05, 3.63) is 29.3 Å². The zero-order chi connectivity index (χ0) is 13.8. The van der Waals surface area contributed by atoms with Crippen molar-refractivity contribution >= 4 is 11.6 Å². The number of carbonyl (C=O) groups excluding carboxylic acids is 1. The maximum atomic E-state index is 11.0. The van der Waals surface area contributed by atoms with Crippen LogP contribution in [0.2, 0.25) is 0 Å². The third-order valence-electron chi connectivity index (χ3n) is 3.74. The summed E-state index contributed by atoms with van der Waals surface area (Å²) in [6.07, 6.45) is 2.07. The van der Waals surface area contributed by atoms with Crippen LogP contribution in [-0.2, 0) is 11.3 Å². The Labute approximate surface area is 115 Å². The average molecular weight is 261 g/mol. The maximum Gasteiger partial charge on any atom is 0.217 e. The molecule has 0 spiro atoms. The number of nitrogens with zero attached hydrogens (tertiary/aromatic N) is 1. The summed E-state index contributed by atoms with van der Waals surface area (Å²) in [6, 6.07) is 6.59. The maximum absolute atomic E-state index is 11.0. The van der Waals surface area contributed by atoms with Gasteiger partial charge in [0.05, 0.1) is 0 Å². The Balaban J connectivity index is 1.85. The fraction of sp³-hybridized carbons (Fsp3) is 0.533. The number of aryl methyl sites for hydroxylation is 1. The molecule has 1 aromatic carbocycles. The number of benzene rings is 1. The smallest absolute Gasteiger partial charge is 0.217 e. The Kier molecular flexibility index (Phi) is 4.43. The Bertz CT molecular complexity index is 451.